The van der Waals surface area contributed by atoms with Gasteiger partial charge in [0.2, 0.25) is 0 Å². The summed E-state index contributed by atoms with van der Waals surface area (Å²) < 4.78 is 0. The summed E-state index contributed by atoms with van der Waals surface area (Å²) in [6, 6.07) is 0. The van der Waals surface area contributed by atoms with Gasteiger partial charge in [-0.1, -0.05) is 19.9 Å². The molecule has 12 heavy (non-hydrogen) atoms. The number of hydrogen-bond acceptors (Lipinski definition) is 2. The Hall–Kier alpha value is -0.340. The lowest BCUT2D eigenvalue weighted by atomic mass is 9.94. The maximum Gasteiger partial charge on any atom is 0.0613 e. The van der Waals surface area contributed by atoms with Crippen molar-refractivity contribution < 1.29 is 5.11 Å². The van der Waals surface area contributed by atoms with E-state index < -0.39 is 0 Å². The Morgan fingerprint density at radius 2 is 2.00 bits per heavy atom. The number of aliphatic hydroxyl groups excluding tert-OH is 1. The molecule has 0 saturated heterocycles. The molecular weight excluding hydrogens is 150 g/mol. The summed E-state index contributed by atoms with van der Waals surface area (Å²) in [5.41, 5.74) is -0.0665. The molecule has 0 unspecified atom stereocenters. The number of hydrogen-bond donors (Lipinski definition) is 2. The van der Waals surface area contributed by atoms with Crippen LogP contribution in [0.5, 0.6) is 0 Å². The fourth-order valence-corrected chi connectivity index (χ4v) is 1.22. The van der Waals surface area contributed by atoms with Crippen LogP contribution in [0.1, 0.15) is 33.1 Å². The minimum absolute atomic E-state index is 0.0665. The second-order valence-electron chi connectivity index (χ2n) is 3.15. The highest BCUT2D eigenvalue weighted by molar-refractivity contribution is 4.85. The van der Waals surface area contributed by atoms with Crippen molar-refractivity contribution in [2.75, 3.05) is 13.2 Å². The SMILES string of the molecule is C=CCCNC(CC)(CC)CO. The van der Waals surface area contributed by atoms with Gasteiger partial charge in [-0.3, -0.25) is 0 Å². The summed E-state index contributed by atoms with van der Waals surface area (Å²) in [5, 5.41) is 12.5. The van der Waals surface area contributed by atoms with E-state index in [9.17, 15) is 5.11 Å². The van der Waals surface area contributed by atoms with Crippen molar-refractivity contribution in [2.24, 2.45) is 0 Å². The third-order valence-electron chi connectivity index (χ3n) is 2.50. The van der Waals surface area contributed by atoms with Crippen molar-refractivity contribution in [2.45, 2.75) is 38.6 Å². The molecule has 0 aromatic carbocycles. The molecule has 0 aliphatic rings. The first kappa shape index (κ1) is 11.7. The smallest absolute Gasteiger partial charge is 0.0613 e. The highest BCUT2D eigenvalue weighted by Crippen LogP contribution is 2.13. The molecule has 0 aromatic heterocycles. The standard InChI is InChI=1S/C10H21NO/c1-4-7-8-11-10(5-2,6-3)9-12/h4,11-12H,1,5-9H2,2-3H3. The van der Waals surface area contributed by atoms with Gasteiger partial charge in [-0.2, -0.15) is 0 Å². The third-order valence-corrected chi connectivity index (χ3v) is 2.50. The zero-order valence-electron chi connectivity index (χ0n) is 8.27. The molecule has 0 atom stereocenters. The van der Waals surface area contributed by atoms with E-state index in [0.717, 1.165) is 25.8 Å². The fourth-order valence-electron chi connectivity index (χ4n) is 1.22. The van der Waals surface area contributed by atoms with Crippen molar-refractivity contribution in [1.29, 1.82) is 0 Å². The van der Waals surface area contributed by atoms with Crippen LogP contribution < -0.4 is 5.32 Å². The molecule has 0 fully saturated rings. The molecule has 0 amide bonds. The number of nitrogens with one attached hydrogen (secondary N) is 1. The van der Waals surface area contributed by atoms with Gasteiger partial charge in [-0.15, -0.1) is 6.58 Å². The molecule has 2 heteroatoms. The lowest BCUT2D eigenvalue weighted by Gasteiger charge is -2.30. The Labute approximate surface area is 75.7 Å². The van der Waals surface area contributed by atoms with E-state index in [1.54, 1.807) is 0 Å². The van der Waals surface area contributed by atoms with E-state index in [0.29, 0.717) is 0 Å². The van der Waals surface area contributed by atoms with Crippen LogP contribution >= 0.6 is 0 Å². The number of rotatable bonds is 7. The molecule has 0 aliphatic heterocycles. The third kappa shape index (κ3) is 3.37. The van der Waals surface area contributed by atoms with Crippen molar-refractivity contribution in [3.05, 3.63) is 12.7 Å². The molecule has 0 heterocycles. The zero-order chi connectivity index (χ0) is 9.45. The van der Waals surface area contributed by atoms with Gasteiger partial charge in [-0.05, 0) is 25.8 Å². The Balaban J connectivity index is 3.84. The van der Waals surface area contributed by atoms with Crippen LogP contribution in [0.3, 0.4) is 0 Å². The highest BCUT2D eigenvalue weighted by Gasteiger charge is 2.23. The van der Waals surface area contributed by atoms with Crippen LogP contribution in [0, 0.1) is 0 Å². The van der Waals surface area contributed by atoms with E-state index >= 15 is 0 Å². The van der Waals surface area contributed by atoms with Gasteiger partial charge in [0.25, 0.3) is 0 Å². The van der Waals surface area contributed by atoms with Gasteiger partial charge in [0.15, 0.2) is 0 Å². The largest absolute Gasteiger partial charge is 0.394 e. The van der Waals surface area contributed by atoms with Crippen molar-refractivity contribution in [3.63, 3.8) is 0 Å². The lowest BCUT2D eigenvalue weighted by molar-refractivity contribution is 0.152. The van der Waals surface area contributed by atoms with Crippen LogP contribution in [0.15, 0.2) is 12.7 Å². The Morgan fingerprint density at radius 1 is 1.42 bits per heavy atom. The maximum atomic E-state index is 9.19. The van der Waals surface area contributed by atoms with E-state index in [4.69, 9.17) is 0 Å². The monoisotopic (exact) mass is 171 g/mol. The summed E-state index contributed by atoms with van der Waals surface area (Å²) in [6.45, 7) is 8.98. The molecule has 2 N–H and O–H groups in total. The molecule has 0 saturated carbocycles. The van der Waals surface area contributed by atoms with Crippen LogP contribution in [0.2, 0.25) is 0 Å². The van der Waals surface area contributed by atoms with E-state index in [-0.39, 0.29) is 12.1 Å². The Kier molecular flexibility index (Phi) is 6.03. The second kappa shape index (κ2) is 6.21. The van der Waals surface area contributed by atoms with Gasteiger partial charge >= 0.3 is 0 Å². The predicted molar refractivity (Wildman–Crippen MR) is 53.2 cm³/mol. The first-order chi connectivity index (χ1) is 5.74. The van der Waals surface area contributed by atoms with Gasteiger partial charge < -0.3 is 10.4 Å². The normalized spacial score (nSPS) is 11.6. The lowest BCUT2D eigenvalue weighted by Crippen LogP contribution is -2.47. The molecule has 72 valence electrons. The first-order valence-corrected chi connectivity index (χ1v) is 4.71. The summed E-state index contributed by atoms with van der Waals surface area (Å²) in [6.07, 6.45) is 4.79. The summed E-state index contributed by atoms with van der Waals surface area (Å²) in [4.78, 5) is 0. The molecule has 2 nitrogen and oxygen atoms in total. The van der Waals surface area contributed by atoms with E-state index in [1.165, 1.54) is 0 Å². The minimum atomic E-state index is -0.0665. The molecule has 0 aromatic rings. The predicted octanol–water partition coefficient (Wildman–Crippen LogP) is 1.70. The van der Waals surface area contributed by atoms with Gasteiger partial charge in [0.1, 0.15) is 0 Å². The van der Waals surface area contributed by atoms with Crippen molar-refractivity contribution in [3.8, 4) is 0 Å². The van der Waals surface area contributed by atoms with Crippen LogP contribution in [0.4, 0.5) is 0 Å². The average Bonchev–Trinajstić information content (AvgIpc) is 2.14. The molecule has 0 radical (unpaired) electrons. The van der Waals surface area contributed by atoms with E-state index in [1.807, 2.05) is 6.08 Å². The summed E-state index contributed by atoms with van der Waals surface area (Å²) >= 11 is 0. The zero-order valence-corrected chi connectivity index (χ0v) is 8.27. The maximum absolute atomic E-state index is 9.19. The Morgan fingerprint density at radius 3 is 2.33 bits per heavy atom. The van der Waals surface area contributed by atoms with Crippen LogP contribution in [0.25, 0.3) is 0 Å². The Bertz CT molecular complexity index is 111. The molecule has 0 aliphatic carbocycles. The van der Waals surface area contributed by atoms with Crippen molar-refractivity contribution >= 4 is 0 Å². The second-order valence-corrected chi connectivity index (χ2v) is 3.15. The molecule has 0 rings (SSSR count). The average molecular weight is 171 g/mol. The summed E-state index contributed by atoms with van der Waals surface area (Å²) in [7, 11) is 0. The van der Waals surface area contributed by atoms with E-state index in [2.05, 4.69) is 25.7 Å². The van der Waals surface area contributed by atoms with Gasteiger partial charge in [-0.25, -0.2) is 0 Å². The van der Waals surface area contributed by atoms with Crippen molar-refractivity contribution in [1.82, 2.24) is 5.32 Å². The number of aliphatic hydroxyl groups is 1. The molecule has 0 bridgehead atoms. The molecular formula is C10H21NO. The van der Waals surface area contributed by atoms with Gasteiger partial charge in [0, 0.05) is 5.54 Å². The first-order valence-electron chi connectivity index (χ1n) is 4.71. The molecule has 0 spiro atoms. The topological polar surface area (TPSA) is 32.3 Å². The van der Waals surface area contributed by atoms with Gasteiger partial charge in [0.05, 0.1) is 6.61 Å². The highest BCUT2D eigenvalue weighted by atomic mass is 16.3. The van der Waals surface area contributed by atoms with Crippen LogP contribution in [-0.4, -0.2) is 23.8 Å². The summed E-state index contributed by atoms with van der Waals surface area (Å²) in [5.74, 6) is 0. The van der Waals surface area contributed by atoms with Crippen LogP contribution in [-0.2, 0) is 0 Å². The minimum Gasteiger partial charge on any atom is -0.394 e. The quantitative estimate of drug-likeness (QED) is 0.451. The fraction of sp³-hybridized carbons (Fsp3) is 0.800.